The van der Waals surface area contributed by atoms with E-state index in [4.69, 9.17) is 0 Å². The largest absolute Gasteiger partial charge is 0.284 e. The minimum Gasteiger partial charge on any atom is -0.284 e. The van der Waals surface area contributed by atoms with Crippen molar-refractivity contribution in [3.8, 4) is 0 Å². The van der Waals surface area contributed by atoms with Crippen LogP contribution in [0.2, 0.25) is 0 Å². The maximum absolute atomic E-state index is 11.7. The summed E-state index contributed by atoms with van der Waals surface area (Å²) in [6.45, 7) is 2.59. The number of nitrogens with zero attached hydrogens (tertiary/aromatic N) is 1. The Hall–Kier alpha value is -1.16. The number of para-hydroxylation sites is 1. The number of hydrogen-bond acceptors (Lipinski definition) is 3. The maximum atomic E-state index is 11.7. The molecule has 1 fully saturated rings. The van der Waals surface area contributed by atoms with Gasteiger partial charge in [0.25, 0.3) is 0 Å². The first kappa shape index (κ1) is 10.4. The van der Waals surface area contributed by atoms with Gasteiger partial charge in [-0.1, -0.05) is 18.2 Å². The number of rotatable bonds is 2. The van der Waals surface area contributed by atoms with E-state index in [0.29, 0.717) is 12.3 Å². The predicted octanol–water partition coefficient (Wildman–Crippen LogP) is 1.47. The van der Waals surface area contributed by atoms with Gasteiger partial charge in [0.1, 0.15) is 0 Å². The summed E-state index contributed by atoms with van der Waals surface area (Å²) < 4.78 is 0. The molecule has 1 N–H and O–H groups in total. The van der Waals surface area contributed by atoms with Crippen molar-refractivity contribution >= 4 is 24.2 Å². The molecule has 2 rings (SSSR count). The van der Waals surface area contributed by atoms with Gasteiger partial charge in [0.05, 0.1) is 17.6 Å². The molecule has 1 heterocycles. The highest BCUT2D eigenvalue weighted by molar-refractivity contribution is 7.80. The zero-order chi connectivity index (χ0) is 10.9. The number of carbonyl (C=O) groups is 1. The lowest BCUT2D eigenvalue weighted by Crippen LogP contribution is -2.33. The number of hydrogen-bond donors (Lipinski definition) is 2. The molecule has 1 aliphatic rings. The molecular formula is C11H14N2OS. The molecule has 0 saturated carbocycles. The van der Waals surface area contributed by atoms with Crippen LogP contribution in [0.15, 0.2) is 30.3 Å². The number of carbonyl (C=O) groups excluding carboxylic acids is 1. The van der Waals surface area contributed by atoms with Gasteiger partial charge in [0.2, 0.25) is 5.91 Å². The van der Waals surface area contributed by atoms with Gasteiger partial charge >= 0.3 is 0 Å². The Morgan fingerprint density at radius 3 is 2.67 bits per heavy atom. The van der Waals surface area contributed by atoms with Crippen LogP contribution < -0.4 is 10.4 Å². The topological polar surface area (TPSA) is 32.3 Å². The summed E-state index contributed by atoms with van der Waals surface area (Å²) in [5.74, 6) is 0.601. The zero-order valence-electron chi connectivity index (χ0n) is 8.60. The van der Waals surface area contributed by atoms with Crippen molar-refractivity contribution in [1.82, 2.24) is 5.43 Å². The van der Waals surface area contributed by atoms with Crippen molar-refractivity contribution in [2.24, 2.45) is 5.41 Å². The van der Waals surface area contributed by atoms with Gasteiger partial charge in [-0.25, -0.2) is 0 Å². The number of anilines is 1. The first-order valence-corrected chi connectivity index (χ1v) is 5.53. The Morgan fingerprint density at radius 2 is 2.13 bits per heavy atom. The molecule has 0 spiro atoms. The van der Waals surface area contributed by atoms with E-state index in [-0.39, 0.29) is 11.3 Å². The molecule has 0 aliphatic carbocycles. The van der Waals surface area contributed by atoms with Crippen LogP contribution in [0.1, 0.15) is 6.92 Å². The molecule has 0 aromatic heterocycles. The summed E-state index contributed by atoms with van der Waals surface area (Å²) in [6.07, 6.45) is 0. The average Bonchev–Trinajstić information content (AvgIpc) is 2.58. The van der Waals surface area contributed by atoms with Crippen molar-refractivity contribution in [2.45, 2.75) is 6.92 Å². The fourth-order valence-corrected chi connectivity index (χ4v) is 1.85. The minimum absolute atomic E-state index is 0.0429. The van der Waals surface area contributed by atoms with E-state index in [2.05, 4.69) is 18.1 Å². The van der Waals surface area contributed by atoms with Gasteiger partial charge in [0, 0.05) is 5.75 Å². The van der Waals surface area contributed by atoms with Crippen LogP contribution in [-0.2, 0) is 4.79 Å². The molecule has 1 aromatic rings. The van der Waals surface area contributed by atoms with Crippen LogP contribution in [0.5, 0.6) is 0 Å². The average molecular weight is 222 g/mol. The number of nitrogens with one attached hydrogen (secondary N) is 1. The van der Waals surface area contributed by atoms with Gasteiger partial charge in [-0.2, -0.15) is 12.6 Å². The van der Waals surface area contributed by atoms with Gasteiger partial charge in [0.15, 0.2) is 0 Å². The number of hydrazine groups is 1. The summed E-state index contributed by atoms with van der Waals surface area (Å²) in [5.41, 5.74) is 3.48. The highest BCUT2D eigenvalue weighted by Crippen LogP contribution is 2.28. The third-order valence-electron chi connectivity index (χ3n) is 2.71. The van der Waals surface area contributed by atoms with E-state index in [1.54, 1.807) is 0 Å². The molecule has 0 bridgehead atoms. The third-order valence-corrected chi connectivity index (χ3v) is 3.41. The molecule has 1 saturated heterocycles. The first-order chi connectivity index (χ1) is 7.15. The molecule has 15 heavy (non-hydrogen) atoms. The second kappa shape index (κ2) is 3.77. The van der Waals surface area contributed by atoms with Crippen molar-refractivity contribution in [3.05, 3.63) is 30.3 Å². The van der Waals surface area contributed by atoms with E-state index in [9.17, 15) is 4.79 Å². The lowest BCUT2D eigenvalue weighted by Gasteiger charge is -2.19. The van der Waals surface area contributed by atoms with Crippen LogP contribution in [0.4, 0.5) is 5.69 Å². The first-order valence-electron chi connectivity index (χ1n) is 4.90. The number of thiol groups is 1. The fourth-order valence-electron chi connectivity index (χ4n) is 1.60. The van der Waals surface area contributed by atoms with Gasteiger partial charge < -0.3 is 0 Å². The molecule has 3 nitrogen and oxygen atoms in total. The van der Waals surface area contributed by atoms with Crippen LogP contribution in [0, 0.1) is 5.41 Å². The van der Waals surface area contributed by atoms with Gasteiger partial charge in [-0.05, 0) is 19.1 Å². The highest BCUT2D eigenvalue weighted by Gasteiger charge is 2.41. The van der Waals surface area contributed by atoms with Crippen LogP contribution >= 0.6 is 12.6 Å². The summed E-state index contributed by atoms with van der Waals surface area (Å²) >= 11 is 4.23. The number of amides is 1. The Balaban J connectivity index is 2.20. The van der Waals surface area contributed by atoms with Gasteiger partial charge in [-0.15, -0.1) is 0 Å². The van der Waals surface area contributed by atoms with E-state index in [1.807, 2.05) is 42.3 Å². The molecule has 4 heteroatoms. The molecule has 1 aliphatic heterocycles. The molecule has 1 amide bonds. The van der Waals surface area contributed by atoms with E-state index < -0.39 is 0 Å². The van der Waals surface area contributed by atoms with Crippen molar-refractivity contribution < 1.29 is 4.79 Å². The molecule has 1 atom stereocenters. The van der Waals surface area contributed by atoms with Crippen LogP contribution in [0.3, 0.4) is 0 Å². The number of benzene rings is 1. The zero-order valence-corrected chi connectivity index (χ0v) is 9.50. The van der Waals surface area contributed by atoms with Gasteiger partial charge in [-0.3, -0.25) is 15.2 Å². The van der Waals surface area contributed by atoms with E-state index >= 15 is 0 Å². The molecule has 1 aromatic carbocycles. The second-order valence-corrected chi connectivity index (χ2v) is 4.40. The van der Waals surface area contributed by atoms with Crippen molar-refractivity contribution in [1.29, 1.82) is 0 Å². The normalized spacial score (nSPS) is 25.5. The van der Waals surface area contributed by atoms with Crippen molar-refractivity contribution in [3.63, 3.8) is 0 Å². The summed E-state index contributed by atoms with van der Waals surface area (Å²) in [7, 11) is 0. The van der Waals surface area contributed by atoms with Crippen LogP contribution in [0.25, 0.3) is 0 Å². The summed E-state index contributed by atoms with van der Waals surface area (Å²) in [4.78, 5) is 11.7. The smallest absolute Gasteiger partial charge is 0.247 e. The maximum Gasteiger partial charge on any atom is 0.247 e. The molecular weight excluding hydrogens is 208 g/mol. The standard InChI is InChI=1S/C11H14N2OS/c1-11(8-15)7-13(12-10(11)14)9-5-3-2-4-6-9/h2-6,15H,7-8H2,1H3,(H,12,14). The fraction of sp³-hybridized carbons (Fsp3) is 0.364. The Bertz CT molecular complexity index is 368. The van der Waals surface area contributed by atoms with E-state index in [1.165, 1.54) is 0 Å². The Labute approximate surface area is 94.8 Å². The van der Waals surface area contributed by atoms with E-state index in [0.717, 1.165) is 5.69 Å². The Kier molecular flexibility index (Phi) is 2.61. The quantitative estimate of drug-likeness (QED) is 0.743. The lowest BCUT2D eigenvalue weighted by molar-refractivity contribution is -0.125. The summed E-state index contributed by atoms with van der Waals surface area (Å²) in [6, 6.07) is 9.82. The van der Waals surface area contributed by atoms with Crippen LogP contribution in [-0.4, -0.2) is 18.2 Å². The highest BCUT2D eigenvalue weighted by atomic mass is 32.1. The molecule has 0 radical (unpaired) electrons. The third kappa shape index (κ3) is 1.81. The monoisotopic (exact) mass is 222 g/mol. The summed E-state index contributed by atoms with van der Waals surface area (Å²) in [5, 5.41) is 1.87. The Morgan fingerprint density at radius 1 is 1.47 bits per heavy atom. The molecule has 1 unspecified atom stereocenters. The second-order valence-electron chi connectivity index (χ2n) is 4.08. The molecule has 80 valence electrons. The minimum atomic E-state index is -0.390. The predicted molar refractivity (Wildman–Crippen MR) is 63.9 cm³/mol. The lowest BCUT2D eigenvalue weighted by atomic mass is 9.94. The SMILES string of the molecule is CC1(CS)CN(c2ccccc2)NC1=O. The van der Waals surface area contributed by atoms with Crippen molar-refractivity contribution in [2.75, 3.05) is 17.3 Å².